The Labute approximate surface area is 147 Å². The molecule has 24 heavy (non-hydrogen) atoms. The molecule has 0 spiro atoms. The van der Waals surface area contributed by atoms with Crippen LogP contribution in [0.25, 0.3) is 0 Å². The maximum Gasteiger partial charge on any atom is 0.410 e. The van der Waals surface area contributed by atoms with Crippen LogP contribution in [0.4, 0.5) is 4.79 Å². The summed E-state index contributed by atoms with van der Waals surface area (Å²) in [5.74, 6) is -0.399. The standard InChI is InChI=1S/C19H35NO4/c1-4-6-7-8-9-10-11-12-13-14-16-23-18(21)17-20(3)19(22)24-15-5-2/h5H,2,4,6-17H2,1,3H3. The molecule has 0 rings (SSSR count). The molecule has 5 nitrogen and oxygen atoms in total. The minimum absolute atomic E-state index is 0.0895. The molecule has 0 aromatic carbocycles. The van der Waals surface area contributed by atoms with Crippen molar-refractivity contribution in [2.24, 2.45) is 0 Å². The van der Waals surface area contributed by atoms with Gasteiger partial charge in [-0.25, -0.2) is 4.79 Å². The van der Waals surface area contributed by atoms with Crippen molar-refractivity contribution in [3.8, 4) is 0 Å². The van der Waals surface area contributed by atoms with Crippen LogP contribution in [0.5, 0.6) is 0 Å². The largest absolute Gasteiger partial charge is 0.464 e. The molecule has 0 aliphatic heterocycles. The van der Waals surface area contributed by atoms with Gasteiger partial charge in [-0.15, -0.1) is 0 Å². The first-order valence-corrected chi connectivity index (χ1v) is 9.26. The Kier molecular flexibility index (Phi) is 15.3. The van der Waals surface area contributed by atoms with E-state index in [0.717, 1.165) is 12.8 Å². The lowest BCUT2D eigenvalue weighted by atomic mass is 10.1. The summed E-state index contributed by atoms with van der Waals surface area (Å²) in [5.41, 5.74) is 0. The third-order valence-electron chi connectivity index (χ3n) is 3.76. The van der Waals surface area contributed by atoms with Gasteiger partial charge in [-0.05, 0) is 6.42 Å². The van der Waals surface area contributed by atoms with Crippen molar-refractivity contribution in [1.29, 1.82) is 0 Å². The van der Waals surface area contributed by atoms with Crippen molar-refractivity contribution >= 4 is 12.1 Å². The first-order valence-electron chi connectivity index (χ1n) is 9.26. The molecule has 0 radical (unpaired) electrons. The second-order valence-electron chi connectivity index (χ2n) is 6.12. The van der Waals surface area contributed by atoms with Gasteiger partial charge in [0.25, 0.3) is 0 Å². The van der Waals surface area contributed by atoms with E-state index in [1.807, 2.05) is 0 Å². The van der Waals surface area contributed by atoms with Gasteiger partial charge >= 0.3 is 12.1 Å². The highest BCUT2D eigenvalue weighted by molar-refractivity contribution is 5.77. The molecule has 0 saturated heterocycles. The average Bonchev–Trinajstić information content (AvgIpc) is 2.57. The summed E-state index contributed by atoms with van der Waals surface area (Å²) in [6.07, 6.45) is 13.4. The zero-order valence-corrected chi connectivity index (χ0v) is 15.6. The number of rotatable bonds is 15. The van der Waals surface area contributed by atoms with Crippen LogP contribution in [-0.2, 0) is 14.3 Å². The van der Waals surface area contributed by atoms with Crippen LogP contribution in [0.15, 0.2) is 12.7 Å². The maximum absolute atomic E-state index is 11.6. The molecule has 0 N–H and O–H groups in total. The lowest BCUT2D eigenvalue weighted by molar-refractivity contribution is -0.144. The summed E-state index contributed by atoms with van der Waals surface area (Å²) < 4.78 is 9.96. The number of carbonyl (C=O) groups excluding carboxylic acids is 2. The molecule has 0 aliphatic carbocycles. The van der Waals surface area contributed by atoms with Crippen LogP contribution in [-0.4, -0.2) is 43.8 Å². The van der Waals surface area contributed by atoms with Crippen LogP contribution in [0.1, 0.15) is 71.1 Å². The van der Waals surface area contributed by atoms with E-state index in [0.29, 0.717) is 6.61 Å². The molecule has 0 aromatic rings. The van der Waals surface area contributed by atoms with Gasteiger partial charge in [0.1, 0.15) is 13.2 Å². The fourth-order valence-corrected chi connectivity index (χ4v) is 2.32. The van der Waals surface area contributed by atoms with Crippen LogP contribution in [0.2, 0.25) is 0 Å². The quantitative estimate of drug-likeness (QED) is 0.246. The maximum atomic E-state index is 11.6. The van der Waals surface area contributed by atoms with Crippen LogP contribution >= 0.6 is 0 Å². The number of unbranched alkanes of at least 4 members (excludes halogenated alkanes) is 9. The fourth-order valence-electron chi connectivity index (χ4n) is 2.32. The highest BCUT2D eigenvalue weighted by Gasteiger charge is 2.14. The van der Waals surface area contributed by atoms with E-state index < -0.39 is 12.1 Å². The summed E-state index contributed by atoms with van der Waals surface area (Å²) in [4.78, 5) is 24.2. The van der Waals surface area contributed by atoms with E-state index in [1.165, 1.54) is 69.4 Å². The minimum atomic E-state index is -0.550. The monoisotopic (exact) mass is 341 g/mol. The number of carbonyl (C=O) groups is 2. The smallest absolute Gasteiger partial charge is 0.410 e. The molecular weight excluding hydrogens is 306 g/mol. The predicted molar refractivity (Wildman–Crippen MR) is 97.0 cm³/mol. The SMILES string of the molecule is C=CCOC(=O)N(C)CC(=O)OCCCCCCCCCCCC. The zero-order chi connectivity index (χ0) is 18.0. The van der Waals surface area contributed by atoms with Gasteiger partial charge in [0.05, 0.1) is 6.61 Å². The summed E-state index contributed by atoms with van der Waals surface area (Å²) >= 11 is 0. The molecule has 0 saturated carbocycles. The molecule has 0 fully saturated rings. The fraction of sp³-hybridized carbons (Fsp3) is 0.789. The number of hydrogen-bond donors (Lipinski definition) is 0. The lowest BCUT2D eigenvalue weighted by Crippen LogP contribution is -2.33. The molecule has 0 aliphatic rings. The zero-order valence-electron chi connectivity index (χ0n) is 15.6. The number of amides is 1. The van der Waals surface area contributed by atoms with Gasteiger partial charge in [-0.3, -0.25) is 4.79 Å². The third kappa shape index (κ3) is 14.1. The average molecular weight is 341 g/mol. The van der Waals surface area contributed by atoms with Gasteiger partial charge in [0, 0.05) is 7.05 Å². The minimum Gasteiger partial charge on any atom is -0.464 e. The Balaban J connectivity index is 3.42. The Morgan fingerprint density at radius 1 is 0.917 bits per heavy atom. The first kappa shape index (κ1) is 22.5. The molecule has 0 bridgehead atoms. The van der Waals surface area contributed by atoms with E-state index in [2.05, 4.69) is 13.5 Å². The lowest BCUT2D eigenvalue weighted by Gasteiger charge is -2.15. The Bertz CT molecular complexity index is 344. The van der Waals surface area contributed by atoms with E-state index in [9.17, 15) is 9.59 Å². The molecule has 0 unspecified atom stereocenters. The van der Waals surface area contributed by atoms with Crippen molar-refractivity contribution in [3.63, 3.8) is 0 Å². The Morgan fingerprint density at radius 3 is 2.00 bits per heavy atom. The molecule has 140 valence electrons. The molecule has 0 atom stereocenters. The topological polar surface area (TPSA) is 55.8 Å². The summed E-state index contributed by atoms with van der Waals surface area (Å²) in [5, 5.41) is 0. The molecular formula is C19H35NO4. The molecule has 5 heteroatoms. The van der Waals surface area contributed by atoms with E-state index in [1.54, 1.807) is 0 Å². The third-order valence-corrected chi connectivity index (χ3v) is 3.76. The van der Waals surface area contributed by atoms with Gasteiger partial charge in [-0.2, -0.15) is 0 Å². The Hall–Kier alpha value is -1.52. The summed E-state index contributed by atoms with van der Waals surface area (Å²) in [7, 11) is 1.51. The van der Waals surface area contributed by atoms with Crippen molar-refractivity contribution in [1.82, 2.24) is 4.90 Å². The van der Waals surface area contributed by atoms with Gasteiger partial charge < -0.3 is 14.4 Å². The molecule has 0 aromatic heterocycles. The summed E-state index contributed by atoms with van der Waals surface area (Å²) in [6, 6.07) is 0. The number of esters is 1. The highest BCUT2D eigenvalue weighted by atomic mass is 16.6. The van der Waals surface area contributed by atoms with Gasteiger partial charge in [0.2, 0.25) is 0 Å². The van der Waals surface area contributed by atoms with Crippen molar-refractivity contribution < 1.29 is 19.1 Å². The van der Waals surface area contributed by atoms with Crippen molar-refractivity contribution in [3.05, 3.63) is 12.7 Å². The van der Waals surface area contributed by atoms with Crippen molar-refractivity contribution in [2.45, 2.75) is 71.1 Å². The second-order valence-corrected chi connectivity index (χ2v) is 6.12. The number of nitrogens with zero attached hydrogens (tertiary/aromatic N) is 1. The van der Waals surface area contributed by atoms with E-state index in [4.69, 9.17) is 9.47 Å². The summed E-state index contributed by atoms with van der Waals surface area (Å²) in [6.45, 7) is 6.16. The van der Waals surface area contributed by atoms with E-state index >= 15 is 0 Å². The van der Waals surface area contributed by atoms with E-state index in [-0.39, 0.29) is 13.2 Å². The van der Waals surface area contributed by atoms with Gasteiger partial charge in [0.15, 0.2) is 0 Å². The second kappa shape index (κ2) is 16.3. The van der Waals surface area contributed by atoms with Gasteiger partial charge in [-0.1, -0.05) is 77.4 Å². The molecule has 1 amide bonds. The number of hydrogen-bond acceptors (Lipinski definition) is 4. The predicted octanol–water partition coefficient (Wildman–Crippen LogP) is 4.70. The highest BCUT2D eigenvalue weighted by Crippen LogP contribution is 2.10. The number of ether oxygens (including phenoxy) is 2. The first-order chi connectivity index (χ1) is 11.6. The number of likely N-dealkylation sites (N-methyl/N-ethyl adjacent to an activating group) is 1. The molecule has 0 heterocycles. The van der Waals surface area contributed by atoms with Crippen LogP contribution < -0.4 is 0 Å². The Morgan fingerprint density at radius 2 is 1.46 bits per heavy atom. The normalized spacial score (nSPS) is 10.2. The van der Waals surface area contributed by atoms with Crippen LogP contribution in [0, 0.1) is 0 Å². The van der Waals surface area contributed by atoms with Crippen molar-refractivity contribution in [2.75, 3.05) is 26.8 Å². The van der Waals surface area contributed by atoms with Crippen LogP contribution in [0.3, 0.4) is 0 Å².